The van der Waals surface area contributed by atoms with Crippen molar-refractivity contribution in [1.82, 2.24) is 0 Å². The van der Waals surface area contributed by atoms with Crippen molar-refractivity contribution in [3.63, 3.8) is 0 Å². The quantitative estimate of drug-likeness (QED) is 0.878. The Bertz CT molecular complexity index is 511. The van der Waals surface area contributed by atoms with E-state index in [-0.39, 0.29) is 0 Å². The van der Waals surface area contributed by atoms with Gasteiger partial charge in [-0.1, -0.05) is 53.7 Å². The Kier molecular flexibility index (Phi) is 4.11. The fourth-order valence-corrected chi connectivity index (χ4v) is 2.87. The fourth-order valence-electron chi connectivity index (χ4n) is 1.56. The molecule has 0 aliphatic heterocycles. The maximum absolute atomic E-state index is 9.71. The molecule has 0 radical (unpaired) electrons. The highest BCUT2D eigenvalue weighted by Gasteiger charge is 2.09. The van der Waals surface area contributed by atoms with Gasteiger partial charge in [0, 0.05) is 9.79 Å². The zero-order chi connectivity index (χ0) is 12.3. The lowest BCUT2D eigenvalue weighted by Crippen LogP contribution is -1.93. The zero-order valence-electron chi connectivity index (χ0n) is 9.43. The standard InChI is InChI=1S/C14H13ClOS/c1-10(16)11-6-2-4-8-13(11)17-14-9-5-3-7-12(14)15/h2-10,16H,1H3/t10-/m1/s1. The van der Waals surface area contributed by atoms with Crippen molar-refractivity contribution >= 4 is 23.4 Å². The highest BCUT2D eigenvalue weighted by molar-refractivity contribution is 7.99. The predicted octanol–water partition coefficient (Wildman–Crippen LogP) is 4.54. The van der Waals surface area contributed by atoms with E-state index >= 15 is 0 Å². The number of aliphatic hydroxyl groups excluding tert-OH is 1. The van der Waals surface area contributed by atoms with E-state index in [0.717, 1.165) is 20.4 Å². The minimum Gasteiger partial charge on any atom is -0.389 e. The molecule has 0 aliphatic rings. The van der Waals surface area contributed by atoms with Gasteiger partial charge in [0.1, 0.15) is 0 Å². The third kappa shape index (κ3) is 3.03. The second kappa shape index (κ2) is 5.58. The smallest absolute Gasteiger partial charge is 0.0772 e. The first kappa shape index (κ1) is 12.5. The van der Waals surface area contributed by atoms with Gasteiger partial charge in [-0.05, 0) is 30.7 Å². The Balaban J connectivity index is 2.34. The average Bonchev–Trinajstić information content (AvgIpc) is 2.32. The van der Waals surface area contributed by atoms with Crippen LogP contribution < -0.4 is 0 Å². The van der Waals surface area contributed by atoms with Crippen molar-refractivity contribution in [3.05, 3.63) is 59.1 Å². The van der Waals surface area contributed by atoms with Crippen molar-refractivity contribution in [2.45, 2.75) is 22.8 Å². The molecule has 0 saturated carbocycles. The summed E-state index contributed by atoms with van der Waals surface area (Å²) in [7, 11) is 0. The summed E-state index contributed by atoms with van der Waals surface area (Å²) in [4.78, 5) is 2.04. The molecule has 88 valence electrons. The van der Waals surface area contributed by atoms with Crippen LogP contribution in [0, 0.1) is 0 Å². The van der Waals surface area contributed by atoms with Crippen LogP contribution in [-0.2, 0) is 0 Å². The molecule has 0 aliphatic carbocycles. The van der Waals surface area contributed by atoms with Crippen LogP contribution >= 0.6 is 23.4 Å². The van der Waals surface area contributed by atoms with Gasteiger partial charge in [0.2, 0.25) is 0 Å². The largest absolute Gasteiger partial charge is 0.389 e. The normalized spacial score (nSPS) is 12.4. The van der Waals surface area contributed by atoms with Crippen LogP contribution in [-0.4, -0.2) is 5.11 Å². The van der Waals surface area contributed by atoms with Gasteiger partial charge in [0.25, 0.3) is 0 Å². The van der Waals surface area contributed by atoms with Crippen LogP contribution in [0.1, 0.15) is 18.6 Å². The van der Waals surface area contributed by atoms with Gasteiger partial charge in [-0.25, -0.2) is 0 Å². The van der Waals surface area contributed by atoms with Crippen LogP contribution in [0.3, 0.4) is 0 Å². The fraction of sp³-hybridized carbons (Fsp3) is 0.143. The zero-order valence-corrected chi connectivity index (χ0v) is 11.0. The average molecular weight is 265 g/mol. The molecule has 0 spiro atoms. The molecule has 0 amide bonds. The topological polar surface area (TPSA) is 20.2 Å². The lowest BCUT2D eigenvalue weighted by molar-refractivity contribution is 0.196. The summed E-state index contributed by atoms with van der Waals surface area (Å²) >= 11 is 7.70. The van der Waals surface area contributed by atoms with Crippen molar-refractivity contribution in [3.8, 4) is 0 Å². The van der Waals surface area contributed by atoms with Gasteiger partial charge >= 0.3 is 0 Å². The lowest BCUT2D eigenvalue weighted by Gasteiger charge is -2.11. The molecule has 2 aromatic rings. The van der Waals surface area contributed by atoms with Crippen LogP contribution in [0.4, 0.5) is 0 Å². The minimum atomic E-state index is -0.471. The Morgan fingerprint density at radius 1 is 1.00 bits per heavy atom. The molecule has 2 rings (SSSR count). The molecule has 0 saturated heterocycles. The summed E-state index contributed by atoms with van der Waals surface area (Å²) in [5, 5.41) is 10.4. The number of aliphatic hydroxyl groups is 1. The second-order valence-electron chi connectivity index (χ2n) is 3.75. The van der Waals surface area contributed by atoms with Crippen LogP contribution in [0.2, 0.25) is 5.02 Å². The first-order valence-electron chi connectivity index (χ1n) is 5.38. The minimum absolute atomic E-state index is 0.471. The molecule has 3 heteroatoms. The molecule has 0 bridgehead atoms. The highest BCUT2D eigenvalue weighted by atomic mass is 35.5. The predicted molar refractivity (Wildman–Crippen MR) is 72.7 cm³/mol. The third-order valence-electron chi connectivity index (χ3n) is 2.43. The van der Waals surface area contributed by atoms with E-state index in [1.807, 2.05) is 48.5 Å². The van der Waals surface area contributed by atoms with E-state index in [4.69, 9.17) is 11.6 Å². The van der Waals surface area contributed by atoms with Gasteiger partial charge in [0.15, 0.2) is 0 Å². The summed E-state index contributed by atoms with van der Waals surface area (Å²) in [6, 6.07) is 15.5. The van der Waals surface area contributed by atoms with E-state index in [1.165, 1.54) is 0 Å². The van der Waals surface area contributed by atoms with Crippen molar-refractivity contribution in [2.75, 3.05) is 0 Å². The molecule has 1 nitrogen and oxygen atoms in total. The molecule has 0 unspecified atom stereocenters. The maximum Gasteiger partial charge on any atom is 0.0772 e. The molecule has 1 atom stereocenters. The van der Waals surface area contributed by atoms with Crippen molar-refractivity contribution in [2.24, 2.45) is 0 Å². The maximum atomic E-state index is 9.71. The second-order valence-corrected chi connectivity index (χ2v) is 5.24. The molecule has 0 fully saturated rings. The van der Waals surface area contributed by atoms with Gasteiger partial charge in [-0.15, -0.1) is 0 Å². The first-order valence-corrected chi connectivity index (χ1v) is 6.57. The highest BCUT2D eigenvalue weighted by Crippen LogP contribution is 2.36. The Morgan fingerprint density at radius 2 is 1.59 bits per heavy atom. The summed E-state index contributed by atoms with van der Waals surface area (Å²) < 4.78 is 0. The van der Waals surface area contributed by atoms with Crippen molar-refractivity contribution < 1.29 is 5.11 Å². The number of benzene rings is 2. The number of hydrogen-bond donors (Lipinski definition) is 1. The molecular weight excluding hydrogens is 252 g/mol. The number of hydrogen-bond acceptors (Lipinski definition) is 2. The van der Waals surface area contributed by atoms with Gasteiger partial charge in [-0.2, -0.15) is 0 Å². The van der Waals surface area contributed by atoms with E-state index in [0.29, 0.717) is 0 Å². The SMILES string of the molecule is C[C@@H](O)c1ccccc1Sc1ccccc1Cl. The van der Waals surface area contributed by atoms with Crippen LogP contribution in [0.5, 0.6) is 0 Å². The number of rotatable bonds is 3. The Labute approximate surface area is 110 Å². The molecule has 2 aromatic carbocycles. The molecule has 1 N–H and O–H groups in total. The van der Waals surface area contributed by atoms with Crippen LogP contribution in [0.15, 0.2) is 58.3 Å². The summed E-state index contributed by atoms with van der Waals surface area (Å²) in [5.74, 6) is 0. The van der Waals surface area contributed by atoms with Gasteiger partial charge in [0.05, 0.1) is 11.1 Å². The van der Waals surface area contributed by atoms with E-state index in [1.54, 1.807) is 18.7 Å². The monoisotopic (exact) mass is 264 g/mol. The molecular formula is C14H13ClOS. The molecule has 0 aromatic heterocycles. The summed E-state index contributed by atoms with van der Waals surface area (Å²) in [6.07, 6.45) is -0.471. The summed E-state index contributed by atoms with van der Waals surface area (Å²) in [6.45, 7) is 1.77. The first-order chi connectivity index (χ1) is 8.18. The lowest BCUT2D eigenvalue weighted by atomic mass is 10.1. The third-order valence-corrected chi connectivity index (χ3v) is 4.03. The van der Waals surface area contributed by atoms with Crippen LogP contribution in [0.25, 0.3) is 0 Å². The number of halogens is 1. The van der Waals surface area contributed by atoms with Gasteiger partial charge in [-0.3, -0.25) is 0 Å². The van der Waals surface area contributed by atoms with E-state index < -0.39 is 6.10 Å². The Hall–Kier alpha value is -0.960. The van der Waals surface area contributed by atoms with E-state index in [9.17, 15) is 5.11 Å². The molecule has 0 heterocycles. The Morgan fingerprint density at radius 3 is 2.24 bits per heavy atom. The van der Waals surface area contributed by atoms with E-state index in [2.05, 4.69) is 0 Å². The molecule has 17 heavy (non-hydrogen) atoms. The van der Waals surface area contributed by atoms with Crippen molar-refractivity contribution in [1.29, 1.82) is 0 Å². The van der Waals surface area contributed by atoms with Gasteiger partial charge < -0.3 is 5.11 Å². The summed E-state index contributed by atoms with van der Waals surface area (Å²) in [5.41, 5.74) is 0.928.